The van der Waals surface area contributed by atoms with E-state index in [0.717, 1.165) is 0 Å². The molecule has 0 unspecified atom stereocenters. The SMILES string of the molecule is O=C(Nc1ccccn1)C1=Cc2sccc2S(=O)(=O)N1. The van der Waals surface area contributed by atoms with Crippen molar-refractivity contribution in [2.45, 2.75) is 4.90 Å². The zero-order valence-corrected chi connectivity index (χ0v) is 11.7. The second-order valence-corrected chi connectivity index (χ2v) is 6.58. The van der Waals surface area contributed by atoms with Crippen molar-refractivity contribution in [2.75, 3.05) is 5.32 Å². The second kappa shape index (κ2) is 4.73. The Balaban J connectivity index is 1.91. The molecule has 20 heavy (non-hydrogen) atoms. The van der Waals surface area contributed by atoms with E-state index < -0.39 is 15.9 Å². The molecule has 0 fully saturated rings. The Hall–Kier alpha value is -2.19. The van der Waals surface area contributed by atoms with E-state index >= 15 is 0 Å². The quantitative estimate of drug-likeness (QED) is 0.878. The number of thiophene rings is 1. The fourth-order valence-corrected chi connectivity index (χ4v) is 4.13. The lowest BCUT2D eigenvalue weighted by molar-refractivity contribution is -0.113. The Morgan fingerprint density at radius 2 is 2.15 bits per heavy atom. The highest BCUT2D eigenvalue weighted by atomic mass is 32.2. The molecule has 1 amide bonds. The van der Waals surface area contributed by atoms with Crippen LogP contribution in [0.15, 0.2) is 46.4 Å². The molecule has 0 spiro atoms. The van der Waals surface area contributed by atoms with Gasteiger partial charge >= 0.3 is 0 Å². The van der Waals surface area contributed by atoms with Gasteiger partial charge in [0, 0.05) is 11.1 Å². The Morgan fingerprint density at radius 3 is 2.90 bits per heavy atom. The van der Waals surface area contributed by atoms with Crippen LogP contribution in [-0.2, 0) is 14.8 Å². The molecule has 1 aliphatic heterocycles. The molecule has 2 aromatic rings. The maximum absolute atomic E-state index is 12.0. The van der Waals surface area contributed by atoms with E-state index in [1.807, 2.05) is 0 Å². The van der Waals surface area contributed by atoms with Crippen LogP contribution in [0.25, 0.3) is 6.08 Å². The molecule has 102 valence electrons. The molecule has 3 rings (SSSR count). The molecule has 6 nitrogen and oxygen atoms in total. The lowest BCUT2D eigenvalue weighted by Gasteiger charge is -2.15. The third-order valence-electron chi connectivity index (χ3n) is 2.62. The topological polar surface area (TPSA) is 88.2 Å². The maximum atomic E-state index is 12.0. The van der Waals surface area contributed by atoms with E-state index in [9.17, 15) is 13.2 Å². The molecule has 2 aromatic heterocycles. The number of pyridine rings is 1. The number of amides is 1. The number of aromatic nitrogens is 1. The molecule has 0 radical (unpaired) electrons. The molecule has 3 heterocycles. The highest BCUT2D eigenvalue weighted by Gasteiger charge is 2.27. The number of anilines is 1. The Kier molecular flexibility index (Phi) is 3.03. The molecule has 0 aliphatic carbocycles. The number of fused-ring (bicyclic) bond motifs is 1. The predicted molar refractivity (Wildman–Crippen MR) is 75.5 cm³/mol. The molecular formula is C12H9N3O3S2. The molecule has 8 heteroatoms. The predicted octanol–water partition coefficient (Wildman–Crippen LogP) is 1.41. The Labute approximate surface area is 119 Å². The number of carbonyl (C=O) groups excluding carboxylic acids is 1. The minimum Gasteiger partial charge on any atom is -0.305 e. The van der Waals surface area contributed by atoms with Crippen molar-refractivity contribution in [1.82, 2.24) is 9.71 Å². The summed E-state index contributed by atoms with van der Waals surface area (Å²) in [5, 5.41) is 4.20. The van der Waals surface area contributed by atoms with Crippen molar-refractivity contribution in [1.29, 1.82) is 0 Å². The maximum Gasteiger partial charge on any atom is 0.273 e. The molecule has 0 atom stereocenters. The molecule has 2 N–H and O–H groups in total. The zero-order valence-electron chi connectivity index (χ0n) is 10.0. The van der Waals surface area contributed by atoms with Crippen molar-refractivity contribution < 1.29 is 13.2 Å². The van der Waals surface area contributed by atoms with Crippen LogP contribution in [0.1, 0.15) is 4.88 Å². The first-order valence-corrected chi connectivity index (χ1v) is 7.97. The van der Waals surface area contributed by atoms with Crippen LogP contribution in [0.4, 0.5) is 5.82 Å². The van der Waals surface area contributed by atoms with Gasteiger partial charge < -0.3 is 5.32 Å². The summed E-state index contributed by atoms with van der Waals surface area (Å²) in [4.78, 5) is 16.7. The fraction of sp³-hybridized carbons (Fsp3) is 0. The van der Waals surface area contributed by atoms with Crippen LogP contribution < -0.4 is 10.0 Å². The first-order chi connectivity index (χ1) is 9.56. The summed E-state index contributed by atoms with van der Waals surface area (Å²) in [6, 6.07) is 6.56. The summed E-state index contributed by atoms with van der Waals surface area (Å²) in [6.07, 6.45) is 3.05. The van der Waals surface area contributed by atoms with Crippen molar-refractivity contribution >= 4 is 39.2 Å². The summed E-state index contributed by atoms with van der Waals surface area (Å²) >= 11 is 1.26. The van der Waals surface area contributed by atoms with Crippen molar-refractivity contribution in [3.05, 3.63) is 46.4 Å². The van der Waals surface area contributed by atoms with Gasteiger partial charge in [-0.1, -0.05) is 6.07 Å². The smallest absolute Gasteiger partial charge is 0.273 e. The van der Waals surface area contributed by atoms with Gasteiger partial charge in [-0.25, -0.2) is 13.4 Å². The number of hydrogen-bond acceptors (Lipinski definition) is 5. The third kappa shape index (κ3) is 2.30. The summed E-state index contributed by atoms with van der Waals surface area (Å²) in [7, 11) is -3.67. The molecule has 0 bridgehead atoms. The number of carbonyl (C=O) groups is 1. The summed E-state index contributed by atoms with van der Waals surface area (Å²) < 4.78 is 26.2. The number of nitrogens with one attached hydrogen (secondary N) is 2. The van der Waals surface area contributed by atoms with E-state index in [2.05, 4.69) is 15.0 Å². The zero-order chi connectivity index (χ0) is 14.2. The summed E-state index contributed by atoms with van der Waals surface area (Å²) in [5.74, 6) is -0.194. The first kappa shape index (κ1) is 12.8. The molecular weight excluding hydrogens is 298 g/mol. The average Bonchev–Trinajstić information content (AvgIpc) is 2.88. The van der Waals surface area contributed by atoms with Gasteiger partial charge in [0.25, 0.3) is 15.9 Å². The minimum absolute atomic E-state index is 0.0226. The van der Waals surface area contributed by atoms with Crippen molar-refractivity contribution in [3.63, 3.8) is 0 Å². The summed E-state index contributed by atoms with van der Waals surface area (Å²) in [5.41, 5.74) is -0.0226. The van der Waals surface area contributed by atoms with Crippen LogP contribution in [0.2, 0.25) is 0 Å². The number of hydrogen-bond donors (Lipinski definition) is 2. The van der Waals surface area contributed by atoms with Gasteiger partial charge in [-0.3, -0.25) is 9.52 Å². The monoisotopic (exact) mass is 307 g/mol. The number of sulfonamides is 1. The highest BCUT2D eigenvalue weighted by molar-refractivity contribution is 7.90. The fourth-order valence-electron chi connectivity index (χ4n) is 1.73. The van der Waals surface area contributed by atoms with Gasteiger partial charge in [-0.05, 0) is 29.7 Å². The number of rotatable bonds is 2. The Morgan fingerprint density at radius 1 is 1.30 bits per heavy atom. The molecule has 0 saturated heterocycles. The van der Waals surface area contributed by atoms with Gasteiger partial charge in [0.05, 0.1) is 0 Å². The highest BCUT2D eigenvalue weighted by Crippen LogP contribution is 2.28. The van der Waals surface area contributed by atoms with Gasteiger partial charge in [0.2, 0.25) is 0 Å². The van der Waals surface area contributed by atoms with E-state index in [1.165, 1.54) is 29.7 Å². The molecule has 0 saturated carbocycles. The van der Waals surface area contributed by atoms with Crippen LogP contribution >= 0.6 is 11.3 Å². The van der Waals surface area contributed by atoms with E-state index in [-0.39, 0.29) is 10.6 Å². The van der Waals surface area contributed by atoms with Crippen molar-refractivity contribution in [2.24, 2.45) is 0 Å². The minimum atomic E-state index is -3.67. The van der Waals surface area contributed by atoms with E-state index in [0.29, 0.717) is 10.7 Å². The first-order valence-electron chi connectivity index (χ1n) is 5.61. The van der Waals surface area contributed by atoms with Gasteiger partial charge in [0.1, 0.15) is 16.4 Å². The average molecular weight is 307 g/mol. The van der Waals surface area contributed by atoms with Gasteiger partial charge in [-0.2, -0.15) is 0 Å². The second-order valence-electron chi connectivity index (χ2n) is 3.98. The van der Waals surface area contributed by atoms with Gasteiger partial charge in [-0.15, -0.1) is 11.3 Å². The lowest BCUT2D eigenvalue weighted by atomic mass is 10.3. The largest absolute Gasteiger partial charge is 0.305 e. The Bertz CT molecular complexity index is 794. The van der Waals surface area contributed by atoms with E-state index in [1.54, 1.807) is 23.6 Å². The van der Waals surface area contributed by atoms with Crippen molar-refractivity contribution in [3.8, 4) is 0 Å². The lowest BCUT2D eigenvalue weighted by Crippen LogP contribution is -2.33. The summed E-state index contributed by atoms with van der Waals surface area (Å²) in [6.45, 7) is 0. The molecule has 0 aromatic carbocycles. The van der Waals surface area contributed by atoms with Crippen LogP contribution in [-0.4, -0.2) is 19.3 Å². The van der Waals surface area contributed by atoms with Gasteiger partial charge in [0.15, 0.2) is 0 Å². The molecule has 1 aliphatic rings. The normalized spacial score (nSPS) is 15.7. The standard InChI is InChI=1S/C12H9N3O3S2/c16-12(14-11-3-1-2-5-13-11)8-7-9-10(4-6-19-9)20(17,18)15-8/h1-7,15H,(H,13,14,16). The van der Waals surface area contributed by atoms with E-state index in [4.69, 9.17) is 0 Å². The van der Waals surface area contributed by atoms with Crippen LogP contribution in [0.3, 0.4) is 0 Å². The van der Waals surface area contributed by atoms with Crippen LogP contribution in [0, 0.1) is 0 Å². The third-order valence-corrected chi connectivity index (χ3v) is 5.03. The number of nitrogens with zero attached hydrogens (tertiary/aromatic N) is 1. The van der Waals surface area contributed by atoms with Crippen LogP contribution in [0.5, 0.6) is 0 Å².